The normalized spacial score (nSPS) is 11.3. The van der Waals surface area contributed by atoms with E-state index in [1.165, 1.54) is 22.6 Å². The van der Waals surface area contributed by atoms with E-state index in [4.69, 9.17) is 11.5 Å². The lowest BCUT2D eigenvalue weighted by atomic mass is 9.99. The number of nitrogen functional groups attached to an aromatic ring is 2. The summed E-state index contributed by atoms with van der Waals surface area (Å²) in [6.45, 7) is 1.38. The first-order valence-electron chi connectivity index (χ1n) is 10.8. The Balaban J connectivity index is 1.80. The van der Waals surface area contributed by atoms with E-state index in [0.717, 1.165) is 10.7 Å². The van der Waals surface area contributed by atoms with Crippen LogP contribution in [0.25, 0.3) is 28.0 Å². The molecule has 0 aliphatic rings. The molecular formula is C24H21F2N8O2+. The predicted molar refractivity (Wildman–Crippen MR) is 127 cm³/mol. The summed E-state index contributed by atoms with van der Waals surface area (Å²) in [6.07, 6.45) is 0. The van der Waals surface area contributed by atoms with E-state index in [0.29, 0.717) is 39.5 Å². The van der Waals surface area contributed by atoms with Gasteiger partial charge in [-0.3, -0.25) is 10.7 Å². The first-order valence-corrected chi connectivity index (χ1v) is 10.8. The summed E-state index contributed by atoms with van der Waals surface area (Å²) in [6, 6.07) is 11.8. The van der Waals surface area contributed by atoms with Gasteiger partial charge in [0.15, 0.2) is 11.6 Å². The molecule has 0 bridgehead atoms. The number of anilines is 2. The molecule has 5 aromatic rings. The van der Waals surface area contributed by atoms with Crippen LogP contribution in [0.1, 0.15) is 17.1 Å². The molecule has 5 rings (SSSR count). The minimum absolute atomic E-state index is 0.0101. The summed E-state index contributed by atoms with van der Waals surface area (Å²) < 4.78 is 29.6. The van der Waals surface area contributed by atoms with Gasteiger partial charge in [0.2, 0.25) is 5.65 Å². The smallest absolute Gasteiger partial charge is 0.390 e. The molecule has 0 saturated carbocycles. The van der Waals surface area contributed by atoms with Crippen molar-refractivity contribution in [3.8, 4) is 22.4 Å². The maximum absolute atomic E-state index is 13.7. The average Bonchev–Trinajstić information content (AvgIpc) is 3.17. The van der Waals surface area contributed by atoms with Crippen molar-refractivity contribution in [2.45, 2.75) is 20.1 Å². The van der Waals surface area contributed by atoms with Gasteiger partial charge in [-0.25, -0.2) is 23.5 Å². The number of aromatic nitrogens is 6. The lowest BCUT2D eigenvalue weighted by Crippen LogP contribution is -2.28. The third-order valence-electron chi connectivity index (χ3n) is 5.64. The molecule has 0 radical (unpaired) electrons. The molecule has 4 aromatic heterocycles. The van der Waals surface area contributed by atoms with Gasteiger partial charge in [0.1, 0.15) is 11.5 Å². The number of halogens is 2. The number of H-pyrrole nitrogens is 1. The fourth-order valence-electron chi connectivity index (χ4n) is 4.06. The number of aryl methyl sites for hydroxylation is 1. The number of rotatable bonds is 5. The van der Waals surface area contributed by atoms with Gasteiger partial charge < -0.3 is 10.8 Å². The van der Waals surface area contributed by atoms with E-state index in [-0.39, 0.29) is 30.6 Å². The van der Waals surface area contributed by atoms with E-state index >= 15 is 0 Å². The van der Waals surface area contributed by atoms with Crippen LogP contribution in [-0.4, -0.2) is 29.3 Å². The van der Waals surface area contributed by atoms with E-state index in [9.17, 15) is 18.7 Å². The van der Waals surface area contributed by atoms with Crippen molar-refractivity contribution < 1.29 is 18.9 Å². The molecule has 0 fully saturated rings. The van der Waals surface area contributed by atoms with Crippen LogP contribution in [0.2, 0.25) is 0 Å². The second kappa shape index (κ2) is 8.82. The van der Waals surface area contributed by atoms with Crippen molar-refractivity contribution in [3.63, 3.8) is 0 Å². The van der Waals surface area contributed by atoms with Crippen LogP contribution in [0.3, 0.4) is 0 Å². The van der Waals surface area contributed by atoms with Crippen LogP contribution in [0, 0.1) is 18.6 Å². The third kappa shape index (κ3) is 4.03. The maximum atomic E-state index is 13.7. The number of aromatic amines is 1. The van der Waals surface area contributed by atoms with E-state index < -0.39 is 17.3 Å². The standard InChI is InChI=1S/C24H20F2N8O2/c1-12-8-14(9-17(11-35)29-12)19-20(13-2-4-15(25)5-3-13)31-23(28)34-22(19)32-33(24(34)36)10-16-6-7-18(26)21(27)30-16/h2-9,35H,10-11H2,1H3,(H2,27,30)(H2,28,31)/p+1. The average molecular weight is 491 g/mol. The summed E-state index contributed by atoms with van der Waals surface area (Å²) in [4.78, 5) is 24.6. The molecule has 0 unspecified atom stereocenters. The Hall–Kier alpha value is -4.71. The minimum Gasteiger partial charge on any atom is -0.390 e. The van der Waals surface area contributed by atoms with Crippen LogP contribution >= 0.6 is 0 Å². The maximum Gasteiger partial charge on any atom is 0.411 e. The molecule has 0 amide bonds. The Morgan fingerprint density at radius 1 is 1.00 bits per heavy atom. The van der Waals surface area contributed by atoms with Crippen LogP contribution in [0.5, 0.6) is 0 Å². The van der Waals surface area contributed by atoms with Crippen molar-refractivity contribution in [3.05, 3.63) is 87.7 Å². The lowest BCUT2D eigenvalue weighted by molar-refractivity contribution is -0.351. The van der Waals surface area contributed by atoms with Crippen LogP contribution in [-0.2, 0) is 13.2 Å². The largest absolute Gasteiger partial charge is 0.411 e. The summed E-state index contributed by atoms with van der Waals surface area (Å²) in [5.41, 5.74) is 15.0. The highest BCUT2D eigenvalue weighted by Gasteiger charge is 2.26. The zero-order valence-corrected chi connectivity index (χ0v) is 19.0. The first-order chi connectivity index (χ1) is 17.2. The van der Waals surface area contributed by atoms with Crippen molar-refractivity contribution in [2.75, 3.05) is 11.5 Å². The number of aliphatic hydroxyl groups excluding tert-OH is 1. The molecule has 0 aliphatic carbocycles. The summed E-state index contributed by atoms with van der Waals surface area (Å²) >= 11 is 0. The molecule has 0 saturated heterocycles. The number of nitrogens with zero attached hydrogens (tertiary/aromatic N) is 5. The minimum atomic E-state index is -0.668. The number of nitrogens with one attached hydrogen (secondary N) is 1. The molecule has 12 heteroatoms. The summed E-state index contributed by atoms with van der Waals surface area (Å²) in [5, 5.41) is 14.2. The molecule has 4 heterocycles. The Morgan fingerprint density at radius 3 is 2.44 bits per heavy atom. The SMILES string of the molecule is Cc1cc(-c2c(-c3ccc(F)cc3)[nH+]c(N)n3c(=O)n(Cc4ccc(F)c(N)n4)nc23)cc(CO)n1. The molecule has 0 atom stereocenters. The highest BCUT2D eigenvalue weighted by atomic mass is 19.1. The quantitative estimate of drug-likeness (QED) is 0.339. The monoisotopic (exact) mass is 491 g/mol. The lowest BCUT2D eigenvalue weighted by Gasteiger charge is -2.11. The number of nitrogens with two attached hydrogens (primary N) is 2. The van der Waals surface area contributed by atoms with E-state index in [2.05, 4.69) is 20.1 Å². The highest BCUT2D eigenvalue weighted by Crippen LogP contribution is 2.33. The van der Waals surface area contributed by atoms with Gasteiger partial charge in [-0.05, 0) is 61.0 Å². The molecule has 0 aliphatic heterocycles. The second-order valence-electron chi connectivity index (χ2n) is 8.18. The highest BCUT2D eigenvalue weighted by molar-refractivity contribution is 5.88. The van der Waals surface area contributed by atoms with Crippen molar-refractivity contribution in [2.24, 2.45) is 0 Å². The van der Waals surface area contributed by atoms with E-state index in [1.807, 2.05) is 0 Å². The van der Waals surface area contributed by atoms with Crippen molar-refractivity contribution in [1.29, 1.82) is 0 Å². The number of pyridine rings is 2. The molecule has 1 aromatic carbocycles. The number of fused-ring (bicyclic) bond motifs is 1. The molecule has 10 nitrogen and oxygen atoms in total. The van der Waals surface area contributed by atoms with Gasteiger partial charge >= 0.3 is 11.6 Å². The molecule has 36 heavy (non-hydrogen) atoms. The van der Waals surface area contributed by atoms with Crippen molar-refractivity contribution in [1.82, 2.24) is 24.1 Å². The first kappa shape index (κ1) is 23.1. The van der Waals surface area contributed by atoms with Gasteiger partial charge in [0, 0.05) is 11.3 Å². The molecule has 6 N–H and O–H groups in total. The van der Waals surface area contributed by atoms with Gasteiger partial charge in [0.05, 0.1) is 30.1 Å². The van der Waals surface area contributed by atoms with Crippen LogP contribution < -0.4 is 22.1 Å². The van der Waals surface area contributed by atoms with Gasteiger partial charge in [0.25, 0.3) is 0 Å². The van der Waals surface area contributed by atoms with E-state index in [1.54, 1.807) is 31.2 Å². The zero-order chi connectivity index (χ0) is 25.6. The predicted octanol–water partition coefficient (Wildman–Crippen LogP) is 1.73. The summed E-state index contributed by atoms with van der Waals surface area (Å²) in [7, 11) is 0. The van der Waals surface area contributed by atoms with Gasteiger partial charge in [-0.15, -0.1) is 9.50 Å². The number of aliphatic hydroxyl groups is 1. The van der Waals surface area contributed by atoms with Gasteiger partial charge in [-0.2, -0.15) is 4.68 Å². The fourth-order valence-corrected chi connectivity index (χ4v) is 4.06. The number of hydrogen-bond donors (Lipinski definition) is 3. The van der Waals surface area contributed by atoms with Gasteiger partial charge in [-0.1, -0.05) is 0 Å². The topological polar surface area (TPSA) is 151 Å². The summed E-state index contributed by atoms with van der Waals surface area (Å²) in [5.74, 6) is -1.38. The van der Waals surface area contributed by atoms with Crippen molar-refractivity contribution >= 4 is 17.4 Å². The zero-order valence-electron chi connectivity index (χ0n) is 19.0. The number of hydrogen-bond acceptors (Lipinski definition) is 7. The Morgan fingerprint density at radius 2 is 1.75 bits per heavy atom. The molecular weight excluding hydrogens is 470 g/mol. The third-order valence-corrected chi connectivity index (χ3v) is 5.64. The van der Waals surface area contributed by atoms with Crippen LogP contribution in [0.4, 0.5) is 20.5 Å². The Kier molecular flexibility index (Phi) is 5.65. The Bertz CT molecular complexity index is 1680. The Labute approximate surface area is 202 Å². The second-order valence-corrected chi connectivity index (χ2v) is 8.18. The number of benzene rings is 1. The molecule has 0 spiro atoms. The molecule has 182 valence electrons. The van der Waals surface area contributed by atoms with Crippen LogP contribution in [0.15, 0.2) is 53.3 Å². The fraction of sp³-hybridized carbons (Fsp3) is 0.125.